The van der Waals surface area contributed by atoms with Crippen molar-refractivity contribution in [1.82, 2.24) is 19.7 Å². The summed E-state index contributed by atoms with van der Waals surface area (Å²) in [6.07, 6.45) is 4.60. The van der Waals surface area contributed by atoms with E-state index in [1.807, 2.05) is 26.0 Å². The van der Waals surface area contributed by atoms with Gasteiger partial charge in [0.15, 0.2) is 5.75 Å². The van der Waals surface area contributed by atoms with Gasteiger partial charge in [0.25, 0.3) is 0 Å². The van der Waals surface area contributed by atoms with Crippen LogP contribution < -0.4 is 15.4 Å². The minimum absolute atomic E-state index is 0.0769. The van der Waals surface area contributed by atoms with E-state index in [0.717, 1.165) is 17.2 Å². The summed E-state index contributed by atoms with van der Waals surface area (Å²) in [5.41, 5.74) is 1.13. The number of benzene rings is 1. The Morgan fingerprint density at radius 2 is 1.85 bits per heavy atom. The number of hydrogen-bond acceptors (Lipinski definition) is 8. The second kappa shape index (κ2) is 7.79. The number of nitrogens with one attached hydrogen (secondary N) is 3. The lowest BCUT2D eigenvalue weighted by atomic mass is 10.2. The molecule has 0 radical (unpaired) electrons. The molecule has 0 fully saturated rings. The molecule has 0 unspecified atom stereocenters. The Morgan fingerprint density at radius 3 is 2.50 bits per heavy atom. The van der Waals surface area contributed by atoms with Gasteiger partial charge >= 0.3 is 0 Å². The van der Waals surface area contributed by atoms with Gasteiger partial charge in [-0.05, 0) is 49.6 Å². The summed E-state index contributed by atoms with van der Waals surface area (Å²) in [5, 5.41) is 24.8. The third-order valence-corrected chi connectivity index (χ3v) is 3.99. The van der Waals surface area contributed by atoms with Crippen molar-refractivity contribution in [3.8, 4) is 17.4 Å². The quantitative estimate of drug-likeness (QED) is 0.388. The number of hydrogen-bond donors (Lipinski definition) is 4. The second-order valence-corrected chi connectivity index (χ2v) is 6.48. The summed E-state index contributed by atoms with van der Waals surface area (Å²) in [5.74, 6) is 1.15. The lowest BCUT2D eigenvalue weighted by Gasteiger charge is -2.12. The van der Waals surface area contributed by atoms with Crippen molar-refractivity contribution in [2.45, 2.75) is 19.9 Å². The van der Waals surface area contributed by atoms with Crippen molar-refractivity contribution in [1.29, 1.82) is 5.41 Å². The molecule has 0 saturated carbocycles. The molecule has 0 aliphatic heterocycles. The van der Waals surface area contributed by atoms with Gasteiger partial charge in [-0.2, -0.15) is 4.37 Å². The van der Waals surface area contributed by atoms with Crippen LogP contribution in [-0.4, -0.2) is 31.3 Å². The summed E-state index contributed by atoms with van der Waals surface area (Å²) in [6.45, 7) is 3.85. The summed E-state index contributed by atoms with van der Waals surface area (Å²) in [6, 6.07) is 7.34. The minimum Gasteiger partial charge on any atom is -0.492 e. The molecule has 0 aliphatic rings. The standard InChI is InChI=1S/C17H18N6O2S/c1-10(2)21-15(18)14-16(24)23-26-17(14)22-11-3-5-12(6-4-11)25-13-7-19-9-20-8-13/h3-10,22H,1-2H3,(H2,18,21)(H,23,24). The van der Waals surface area contributed by atoms with E-state index in [-0.39, 0.29) is 17.8 Å². The van der Waals surface area contributed by atoms with E-state index >= 15 is 0 Å². The summed E-state index contributed by atoms with van der Waals surface area (Å²) < 4.78 is 9.58. The Kier molecular flexibility index (Phi) is 5.28. The van der Waals surface area contributed by atoms with Crippen LogP contribution in [0.2, 0.25) is 0 Å². The average molecular weight is 370 g/mol. The van der Waals surface area contributed by atoms with Crippen molar-refractivity contribution < 1.29 is 9.84 Å². The molecule has 26 heavy (non-hydrogen) atoms. The van der Waals surface area contributed by atoms with Crippen molar-refractivity contribution in [2.24, 2.45) is 0 Å². The van der Waals surface area contributed by atoms with Gasteiger partial charge in [0, 0.05) is 11.7 Å². The zero-order valence-corrected chi connectivity index (χ0v) is 15.0. The van der Waals surface area contributed by atoms with Crippen LogP contribution >= 0.6 is 11.5 Å². The molecule has 0 bridgehead atoms. The average Bonchev–Trinajstić information content (AvgIpc) is 2.97. The molecule has 9 heteroatoms. The van der Waals surface area contributed by atoms with E-state index < -0.39 is 0 Å². The zero-order valence-electron chi connectivity index (χ0n) is 14.2. The first-order chi connectivity index (χ1) is 12.5. The summed E-state index contributed by atoms with van der Waals surface area (Å²) in [4.78, 5) is 7.80. The van der Waals surface area contributed by atoms with Gasteiger partial charge in [-0.25, -0.2) is 9.97 Å². The van der Waals surface area contributed by atoms with Crippen LogP contribution in [0.5, 0.6) is 17.4 Å². The molecule has 3 aromatic rings. The molecule has 0 amide bonds. The predicted molar refractivity (Wildman–Crippen MR) is 101 cm³/mol. The normalized spacial score (nSPS) is 10.6. The van der Waals surface area contributed by atoms with Crippen LogP contribution in [0.3, 0.4) is 0 Å². The number of ether oxygens (including phenoxy) is 1. The van der Waals surface area contributed by atoms with Gasteiger partial charge in [0.1, 0.15) is 28.5 Å². The van der Waals surface area contributed by atoms with Crippen molar-refractivity contribution in [2.75, 3.05) is 5.32 Å². The van der Waals surface area contributed by atoms with E-state index in [1.54, 1.807) is 24.5 Å². The molecule has 0 saturated heterocycles. The van der Waals surface area contributed by atoms with Crippen LogP contribution in [-0.2, 0) is 0 Å². The molecule has 0 atom stereocenters. The van der Waals surface area contributed by atoms with Crippen LogP contribution in [0.1, 0.15) is 19.4 Å². The van der Waals surface area contributed by atoms with Gasteiger partial charge in [0.05, 0.1) is 12.4 Å². The van der Waals surface area contributed by atoms with E-state index in [9.17, 15) is 5.11 Å². The Bertz CT molecular complexity index is 880. The number of nitrogens with zero attached hydrogens (tertiary/aromatic N) is 3. The topological polar surface area (TPSA) is 116 Å². The Hall–Kier alpha value is -3.20. The van der Waals surface area contributed by atoms with E-state index in [1.165, 1.54) is 6.33 Å². The van der Waals surface area contributed by atoms with Gasteiger partial charge in [-0.15, -0.1) is 0 Å². The molecule has 3 rings (SSSR count). The third kappa shape index (κ3) is 4.25. The monoisotopic (exact) mass is 370 g/mol. The maximum absolute atomic E-state index is 9.95. The van der Waals surface area contributed by atoms with Crippen LogP contribution in [0, 0.1) is 5.41 Å². The number of rotatable bonds is 6. The lowest BCUT2D eigenvalue weighted by Crippen LogP contribution is -2.30. The number of aromatic nitrogens is 3. The fraction of sp³-hybridized carbons (Fsp3) is 0.176. The maximum atomic E-state index is 9.95. The van der Waals surface area contributed by atoms with Crippen molar-refractivity contribution in [3.63, 3.8) is 0 Å². The Labute approximate surface area is 154 Å². The number of amidine groups is 1. The lowest BCUT2D eigenvalue weighted by molar-refractivity contribution is 0.458. The number of aromatic hydroxyl groups is 1. The van der Waals surface area contributed by atoms with Crippen molar-refractivity contribution in [3.05, 3.63) is 48.5 Å². The van der Waals surface area contributed by atoms with Gasteiger partial charge < -0.3 is 20.5 Å². The first kappa shape index (κ1) is 17.6. The minimum atomic E-state index is -0.167. The SMILES string of the molecule is CC(C)NC(=N)c1c(O)nsc1Nc1ccc(Oc2cncnc2)cc1. The first-order valence-corrected chi connectivity index (χ1v) is 8.64. The highest BCUT2D eigenvalue weighted by Crippen LogP contribution is 2.32. The fourth-order valence-corrected chi connectivity index (χ4v) is 2.88. The highest BCUT2D eigenvalue weighted by Gasteiger charge is 2.18. The van der Waals surface area contributed by atoms with Crippen molar-refractivity contribution >= 4 is 28.1 Å². The predicted octanol–water partition coefficient (Wildman–Crippen LogP) is 3.50. The smallest absolute Gasteiger partial charge is 0.236 e. The largest absolute Gasteiger partial charge is 0.492 e. The Morgan fingerprint density at radius 1 is 1.15 bits per heavy atom. The van der Waals surface area contributed by atoms with E-state index in [0.29, 0.717) is 22.1 Å². The van der Waals surface area contributed by atoms with Crippen LogP contribution in [0.25, 0.3) is 0 Å². The second-order valence-electron chi connectivity index (χ2n) is 5.71. The van der Waals surface area contributed by atoms with Gasteiger partial charge in [0.2, 0.25) is 5.88 Å². The highest BCUT2D eigenvalue weighted by molar-refractivity contribution is 7.11. The number of anilines is 2. The van der Waals surface area contributed by atoms with Crippen LogP contribution in [0.4, 0.5) is 10.7 Å². The highest BCUT2D eigenvalue weighted by atomic mass is 32.1. The molecule has 0 aliphatic carbocycles. The maximum Gasteiger partial charge on any atom is 0.236 e. The van der Waals surface area contributed by atoms with Crippen LogP contribution in [0.15, 0.2) is 43.0 Å². The molecule has 1 aromatic carbocycles. The molecular weight excluding hydrogens is 352 g/mol. The molecular formula is C17H18N6O2S. The summed E-state index contributed by atoms with van der Waals surface area (Å²) in [7, 11) is 0. The molecule has 0 spiro atoms. The zero-order chi connectivity index (χ0) is 18.5. The van der Waals surface area contributed by atoms with E-state index in [2.05, 4.69) is 25.0 Å². The van der Waals surface area contributed by atoms with Gasteiger partial charge in [-0.1, -0.05) is 0 Å². The first-order valence-electron chi connectivity index (χ1n) is 7.87. The van der Waals surface area contributed by atoms with E-state index in [4.69, 9.17) is 10.1 Å². The fourth-order valence-electron chi connectivity index (χ4n) is 2.16. The molecule has 8 nitrogen and oxygen atoms in total. The summed E-state index contributed by atoms with van der Waals surface area (Å²) >= 11 is 1.09. The Balaban J connectivity index is 1.73. The molecule has 4 N–H and O–H groups in total. The molecule has 134 valence electrons. The molecule has 2 aromatic heterocycles. The third-order valence-electron chi connectivity index (χ3n) is 3.24. The molecule has 2 heterocycles. The van der Waals surface area contributed by atoms with Gasteiger partial charge in [-0.3, -0.25) is 5.41 Å².